The predicted molar refractivity (Wildman–Crippen MR) is 74.9 cm³/mol. The fourth-order valence-electron chi connectivity index (χ4n) is 2.67. The molecule has 0 spiro atoms. The molecule has 1 saturated carbocycles. The molecule has 1 aromatic rings. The second-order valence-electron chi connectivity index (χ2n) is 6.02. The number of Topliss-reactive ketones (excluding diaryl/α,β-unsaturated/α-hetero) is 1. The zero-order valence-corrected chi connectivity index (χ0v) is 11.4. The minimum absolute atomic E-state index is 0.0740. The van der Waals surface area contributed by atoms with Crippen LogP contribution >= 0.6 is 0 Å². The third-order valence-electron chi connectivity index (χ3n) is 3.42. The van der Waals surface area contributed by atoms with Crippen molar-refractivity contribution >= 4 is 11.5 Å². The molecule has 1 aliphatic carbocycles. The Morgan fingerprint density at radius 2 is 1.83 bits per heavy atom. The van der Waals surface area contributed by atoms with Gasteiger partial charge in [0.1, 0.15) is 5.78 Å². The van der Waals surface area contributed by atoms with Gasteiger partial charge in [-0.2, -0.15) is 0 Å². The summed E-state index contributed by atoms with van der Waals surface area (Å²) in [5.74, 6) is 0.324. The van der Waals surface area contributed by atoms with Crippen molar-refractivity contribution in [1.82, 2.24) is 0 Å². The Morgan fingerprint density at radius 1 is 1.17 bits per heavy atom. The molecule has 0 unspecified atom stereocenters. The maximum absolute atomic E-state index is 11.7. The van der Waals surface area contributed by atoms with Crippen LogP contribution in [0.15, 0.2) is 35.3 Å². The van der Waals surface area contributed by atoms with E-state index in [4.69, 9.17) is 4.99 Å². The van der Waals surface area contributed by atoms with Gasteiger partial charge in [-0.25, -0.2) is 0 Å². The Bertz CT molecular complexity index is 459. The second-order valence-corrected chi connectivity index (χ2v) is 6.02. The molecular weight excluding hydrogens is 222 g/mol. The fraction of sp³-hybridized carbons (Fsp3) is 0.500. The minimum Gasteiger partial charge on any atom is -0.299 e. The van der Waals surface area contributed by atoms with Crippen molar-refractivity contribution in [2.45, 2.75) is 46.1 Å². The van der Waals surface area contributed by atoms with Crippen molar-refractivity contribution in [3.63, 3.8) is 0 Å². The molecule has 2 heteroatoms. The summed E-state index contributed by atoms with van der Waals surface area (Å²) in [6.07, 6.45) is 2.17. The molecule has 0 saturated heterocycles. The van der Waals surface area contributed by atoms with Gasteiger partial charge >= 0.3 is 0 Å². The average molecular weight is 243 g/mol. The molecule has 0 N–H and O–H groups in total. The van der Waals surface area contributed by atoms with E-state index in [1.54, 1.807) is 0 Å². The van der Waals surface area contributed by atoms with E-state index in [1.165, 1.54) is 5.56 Å². The zero-order chi connectivity index (χ0) is 13.2. The predicted octanol–water partition coefficient (Wildman–Crippen LogP) is 3.97. The first-order chi connectivity index (χ1) is 8.46. The first-order valence-electron chi connectivity index (χ1n) is 6.58. The SMILES string of the molecule is C[C@@H](N=C1CC(=O)CC(C)(C)C1)c1ccccc1. The quantitative estimate of drug-likeness (QED) is 0.772. The van der Waals surface area contributed by atoms with E-state index in [1.807, 2.05) is 18.2 Å². The molecule has 1 fully saturated rings. The molecule has 0 bridgehead atoms. The van der Waals surface area contributed by atoms with Crippen LogP contribution in [0.3, 0.4) is 0 Å². The highest BCUT2D eigenvalue weighted by atomic mass is 16.1. The number of hydrogen-bond donors (Lipinski definition) is 0. The van der Waals surface area contributed by atoms with Crippen molar-refractivity contribution < 1.29 is 4.79 Å². The molecular formula is C16H21NO. The van der Waals surface area contributed by atoms with Crippen LogP contribution in [-0.2, 0) is 4.79 Å². The normalized spacial score (nSPS) is 23.1. The van der Waals surface area contributed by atoms with Gasteiger partial charge in [0.05, 0.1) is 6.04 Å². The highest BCUT2D eigenvalue weighted by Gasteiger charge is 2.30. The van der Waals surface area contributed by atoms with Crippen molar-refractivity contribution in [2.75, 3.05) is 0 Å². The highest BCUT2D eigenvalue weighted by Crippen LogP contribution is 2.33. The lowest BCUT2D eigenvalue weighted by molar-refractivity contribution is -0.120. The van der Waals surface area contributed by atoms with E-state index in [-0.39, 0.29) is 11.5 Å². The van der Waals surface area contributed by atoms with E-state index in [0.717, 1.165) is 12.1 Å². The topological polar surface area (TPSA) is 29.4 Å². The van der Waals surface area contributed by atoms with Gasteiger partial charge in [0.15, 0.2) is 0 Å². The Balaban J connectivity index is 2.15. The number of aliphatic imine (C=N–C) groups is 1. The van der Waals surface area contributed by atoms with Gasteiger partial charge in [-0.05, 0) is 24.3 Å². The maximum Gasteiger partial charge on any atom is 0.139 e. The van der Waals surface area contributed by atoms with Crippen molar-refractivity contribution in [2.24, 2.45) is 10.4 Å². The van der Waals surface area contributed by atoms with Crippen LogP contribution in [0.4, 0.5) is 0 Å². The Kier molecular flexibility index (Phi) is 3.65. The first-order valence-corrected chi connectivity index (χ1v) is 6.58. The van der Waals surface area contributed by atoms with E-state index >= 15 is 0 Å². The van der Waals surface area contributed by atoms with Gasteiger partial charge in [-0.15, -0.1) is 0 Å². The summed E-state index contributed by atoms with van der Waals surface area (Å²) in [7, 11) is 0. The highest BCUT2D eigenvalue weighted by molar-refractivity contribution is 6.04. The molecule has 0 heterocycles. The monoisotopic (exact) mass is 243 g/mol. The molecule has 0 aromatic heterocycles. The Morgan fingerprint density at radius 3 is 2.44 bits per heavy atom. The lowest BCUT2D eigenvalue weighted by atomic mass is 9.76. The first kappa shape index (κ1) is 13.0. The number of nitrogens with zero attached hydrogens (tertiary/aromatic N) is 1. The molecule has 18 heavy (non-hydrogen) atoms. The second kappa shape index (κ2) is 5.05. The summed E-state index contributed by atoms with van der Waals surface area (Å²) in [4.78, 5) is 16.5. The van der Waals surface area contributed by atoms with Crippen molar-refractivity contribution in [3.05, 3.63) is 35.9 Å². The van der Waals surface area contributed by atoms with Gasteiger partial charge in [0.25, 0.3) is 0 Å². The standard InChI is InChI=1S/C16H21NO/c1-12(13-7-5-4-6-8-13)17-14-9-15(18)11-16(2,3)10-14/h4-8,12H,9-11H2,1-3H3/t12-/m1/s1. The number of benzene rings is 1. The smallest absolute Gasteiger partial charge is 0.139 e. The van der Waals surface area contributed by atoms with Gasteiger partial charge in [-0.3, -0.25) is 9.79 Å². The summed E-state index contributed by atoms with van der Waals surface area (Å²) in [5.41, 5.74) is 2.35. The molecule has 2 nitrogen and oxygen atoms in total. The third kappa shape index (κ3) is 3.28. The lowest BCUT2D eigenvalue weighted by Crippen LogP contribution is -2.29. The molecule has 0 aliphatic heterocycles. The van der Waals surface area contributed by atoms with Crippen molar-refractivity contribution in [3.8, 4) is 0 Å². The van der Waals surface area contributed by atoms with Gasteiger partial charge < -0.3 is 0 Å². The summed E-state index contributed by atoms with van der Waals surface area (Å²) in [6, 6.07) is 10.4. The number of rotatable bonds is 2. The van der Waals surface area contributed by atoms with Gasteiger partial charge in [0.2, 0.25) is 0 Å². The maximum atomic E-state index is 11.7. The van der Waals surface area contributed by atoms with Crippen LogP contribution in [-0.4, -0.2) is 11.5 Å². The number of hydrogen-bond acceptors (Lipinski definition) is 2. The number of carbonyl (C=O) groups is 1. The van der Waals surface area contributed by atoms with E-state index in [9.17, 15) is 4.79 Å². The fourth-order valence-corrected chi connectivity index (χ4v) is 2.67. The van der Waals surface area contributed by atoms with Crippen LogP contribution < -0.4 is 0 Å². The van der Waals surface area contributed by atoms with Crippen LogP contribution in [0.2, 0.25) is 0 Å². The van der Waals surface area contributed by atoms with Gasteiger partial charge in [0, 0.05) is 18.6 Å². The minimum atomic E-state index is 0.0740. The molecule has 1 aromatic carbocycles. The van der Waals surface area contributed by atoms with E-state index in [0.29, 0.717) is 18.6 Å². The largest absolute Gasteiger partial charge is 0.299 e. The molecule has 96 valence electrons. The zero-order valence-electron chi connectivity index (χ0n) is 11.4. The molecule has 1 atom stereocenters. The van der Waals surface area contributed by atoms with Crippen molar-refractivity contribution in [1.29, 1.82) is 0 Å². The van der Waals surface area contributed by atoms with Crippen LogP contribution in [0.5, 0.6) is 0 Å². The summed E-state index contributed by atoms with van der Waals surface area (Å²) in [5, 5.41) is 0. The van der Waals surface area contributed by atoms with E-state index in [2.05, 4.69) is 32.9 Å². The van der Waals surface area contributed by atoms with Crippen LogP contribution in [0.1, 0.15) is 51.6 Å². The summed E-state index contributed by atoms with van der Waals surface area (Å²) in [6.45, 7) is 6.38. The number of carbonyl (C=O) groups excluding carboxylic acids is 1. The molecule has 2 rings (SSSR count). The number of ketones is 1. The Labute approximate surface area is 109 Å². The molecule has 1 aliphatic rings. The van der Waals surface area contributed by atoms with Crippen LogP contribution in [0, 0.1) is 5.41 Å². The van der Waals surface area contributed by atoms with Gasteiger partial charge in [-0.1, -0.05) is 44.2 Å². The molecule has 0 amide bonds. The summed E-state index contributed by atoms with van der Waals surface area (Å²) < 4.78 is 0. The lowest BCUT2D eigenvalue weighted by Gasteiger charge is -2.29. The average Bonchev–Trinajstić information content (AvgIpc) is 2.27. The Hall–Kier alpha value is -1.44. The molecule has 0 radical (unpaired) electrons. The van der Waals surface area contributed by atoms with Crippen LogP contribution in [0.25, 0.3) is 0 Å². The summed E-state index contributed by atoms with van der Waals surface area (Å²) >= 11 is 0. The van der Waals surface area contributed by atoms with E-state index < -0.39 is 0 Å². The third-order valence-corrected chi connectivity index (χ3v) is 3.42.